The van der Waals surface area contributed by atoms with Gasteiger partial charge in [-0.05, 0) is 33.1 Å². The number of rotatable bonds is 2. The van der Waals surface area contributed by atoms with E-state index in [1.54, 1.807) is 0 Å². The fourth-order valence-corrected chi connectivity index (χ4v) is 1.88. The van der Waals surface area contributed by atoms with Gasteiger partial charge in [-0.2, -0.15) is 0 Å². The minimum Gasteiger partial charge on any atom is -0.338 e. The van der Waals surface area contributed by atoms with Crippen LogP contribution < -0.4 is 5.32 Å². The first-order valence-electron chi connectivity index (χ1n) is 6.54. The Morgan fingerprint density at radius 2 is 2.35 bits per heavy atom. The van der Waals surface area contributed by atoms with Gasteiger partial charge in [-0.1, -0.05) is 30.7 Å². The van der Waals surface area contributed by atoms with Gasteiger partial charge in [0.25, 0.3) is 0 Å². The van der Waals surface area contributed by atoms with E-state index in [1.165, 1.54) is 5.57 Å². The fraction of sp³-hybridized carbons (Fsp3) is 0.643. The van der Waals surface area contributed by atoms with E-state index in [4.69, 9.17) is 0 Å². The zero-order valence-corrected chi connectivity index (χ0v) is 11.2. The molecule has 0 saturated heterocycles. The number of carbonyl (C=O) groups excluding carboxylic acids is 1. The molecule has 0 aromatic carbocycles. The van der Waals surface area contributed by atoms with Crippen molar-refractivity contribution in [2.75, 3.05) is 13.1 Å². The molecule has 1 unspecified atom stereocenters. The van der Waals surface area contributed by atoms with E-state index in [0.717, 1.165) is 32.4 Å². The van der Waals surface area contributed by atoms with Gasteiger partial charge in [0.1, 0.15) is 0 Å². The Bertz CT molecular complexity index is 307. The van der Waals surface area contributed by atoms with Gasteiger partial charge in [-0.15, -0.1) is 0 Å². The smallest absolute Gasteiger partial charge is 0.317 e. The normalized spacial score (nSPS) is 26.2. The second-order valence-corrected chi connectivity index (χ2v) is 4.62. The van der Waals surface area contributed by atoms with Gasteiger partial charge in [-0.3, -0.25) is 0 Å². The van der Waals surface area contributed by atoms with Crippen molar-refractivity contribution in [3.8, 4) is 0 Å². The summed E-state index contributed by atoms with van der Waals surface area (Å²) in [6.45, 7) is 7.82. The van der Waals surface area contributed by atoms with Crippen LogP contribution in [0.4, 0.5) is 4.79 Å². The Balaban J connectivity index is 2.64. The summed E-state index contributed by atoms with van der Waals surface area (Å²) in [4.78, 5) is 13.9. The van der Waals surface area contributed by atoms with E-state index in [9.17, 15) is 4.79 Å². The lowest BCUT2D eigenvalue weighted by atomic mass is 10.2. The van der Waals surface area contributed by atoms with Crippen molar-refractivity contribution in [1.29, 1.82) is 0 Å². The number of hydrogen-bond acceptors (Lipinski definition) is 1. The summed E-state index contributed by atoms with van der Waals surface area (Å²) in [5, 5.41) is 2.95. The van der Waals surface area contributed by atoms with E-state index in [0.29, 0.717) is 0 Å². The van der Waals surface area contributed by atoms with E-state index >= 15 is 0 Å². The zero-order chi connectivity index (χ0) is 12.7. The number of nitrogens with one attached hydrogen (secondary N) is 1. The lowest BCUT2D eigenvalue weighted by Crippen LogP contribution is -2.45. The molecule has 0 aromatic heterocycles. The SMILES string of the molecule is CCCNC(=O)N1CCC/C=C(C)\C=C/C1C. The van der Waals surface area contributed by atoms with Gasteiger partial charge in [-0.25, -0.2) is 4.79 Å². The average molecular weight is 236 g/mol. The third kappa shape index (κ3) is 4.63. The maximum atomic E-state index is 12.0. The molecule has 0 spiro atoms. The Labute approximate surface area is 105 Å². The van der Waals surface area contributed by atoms with Crippen LogP contribution in [-0.2, 0) is 0 Å². The summed E-state index contributed by atoms with van der Waals surface area (Å²) in [7, 11) is 0. The summed E-state index contributed by atoms with van der Waals surface area (Å²) in [6, 6.07) is 0.219. The molecule has 3 nitrogen and oxygen atoms in total. The van der Waals surface area contributed by atoms with Crippen LogP contribution in [0.5, 0.6) is 0 Å². The monoisotopic (exact) mass is 236 g/mol. The second-order valence-electron chi connectivity index (χ2n) is 4.62. The van der Waals surface area contributed by atoms with Crippen molar-refractivity contribution in [3.63, 3.8) is 0 Å². The molecule has 1 rings (SSSR count). The molecule has 1 aliphatic rings. The van der Waals surface area contributed by atoms with Gasteiger partial charge < -0.3 is 10.2 Å². The highest BCUT2D eigenvalue weighted by atomic mass is 16.2. The van der Waals surface area contributed by atoms with Crippen molar-refractivity contribution in [3.05, 3.63) is 23.8 Å². The maximum absolute atomic E-state index is 12.0. The molecule has 0 radical (unpaired) electrons. The number of hydrogen-bond donors (Lipinski definition) is 1. The molecule has 0 saturated carbocycles. The summed E-state index contributed by atoms with van der Waals surface area (Å²) >= 11 is 0. The molecule has 0 aliphatic carbocycles. The minimum atomic E-state index is 0.0588. The molecule has 2 amide bonds. The average Bonchev–Trinajstić information content (AvgIpc) is 2.39. The van der Waals surface area contributed by atoms with Crippen LogP contribution in [0, 0.1) is 0 Å². The van der Waals surface area contributed by atoms with Gasteiger partial charge in [0, 0.05) is 19.1 Å². The van der Waals surface area contributed by atoms with Crippen LogP contribution in [0.2, 0.25) is 0 Å². The second kappa shape index (κ2) is 7.15. The quantitative estimate of drug-likeness (QED) is 0.785. The van der Waals surface area contributed by atoms with E-state index in [2.05, 4.69) is 44.3 Å². The van der Waals surface area contributed by atoms with Crippen LogP contribution in [0.25, 0.3) is 0 Å². The first kappa shape index (κ1) is 13.8. The van der Waals surface area contributed by atoms with E-state index in [1.807, 2.05) is 4.90 Å². The van der Waals surface area contributed by atoms with Gasteiger partial charge in [0.15, 0.2) is 0 Å². The third-order valence-corrected chi connectivity index (χ3v) is 2.99. The molecule has 0 fully saturated rings. The lowest BCUT2D eigenvalue weighted by molar-refractivity contribution is 0.188. The molecule has 96 valence electrons. The van der Waals surface area contributed by atoms with Crippen molar-refractivity contribution in [2.24, 2.45) is 0 Å². The summed E-state index contributed by atoms with van der Waals surface area (Å²) in [6.07, 6.45) is 9.49. The Morgan fingerprint density at radius 3 is 3.06 bits per heavy atom. The van der Waals surface area contributed by atoms with Crippen LogP contribution >= 0.6 is 0 Å². The van der Waals surface area contributed by atoms with Crippen molar-refractivity contribution >= 4 is 6.03 Å². The summed E-state index contributed by atoms with van der Waals surface area (Å²) in [5.41, 5.74) is 1.28. The Kier molecular flexibility index (Phi) is 5.81. The maximum Gasteiger partial charge on any atom is 0.317 e. The number of amides is 2. The van der Waals surface area contributed by atoms with Gasteiger partial charge in [0.2, 0.25) is 0 Å². The first-order chi connectivity index (χ1) is 8.15. The highest BCUT2D eigenvalue weighted by molar-refractivity contribution is 5.74. The van der Waals surface area contributed by atoms with Crippen molar-refractivity contribution < 1.29 is 4.79 Å². The Morgan fingerprint density at radius 1 is 1.59 bits per heavy atom. The van der Waals surface area contributed by atoms with Crippen molar-refractivity contribution in [1.82, 2.24) is 10.2 Å². The molecule has 1 N–H and O–H groups in total. The zero-order valence-electron chi connectivity index (χ0n) is 11.2. The summed E-state index contributed by atoms with van der Waals surface area (Å²) in [5.74, 6) is 0. The van der Waals surface area contributed by atoms with Gasteiger partial charge >= 0.3 is 6.03 Å². The first-order valence-corrected chi connectivity index (χ1v) is 6.54. The molecule has 1 heterocycles. The van der Waals surface area contributed by atoms with E-state index < -0.39 is 0 Å². The number of carbonyl (C=O) groups is 1. The van der Waals surface area contributed by atoms with Crippen molar-refractivity contribution in [2.45, 2.75) is 46.1 Å². The molecule has 3 heteroatoms. The van der Waals surface area contributed by atoms with Crippen LogP contribution in [0.1, 0.15) is 40.0 Å². The van der Waals surface area contributed by atoms with Crippen LogP contribution in [0.3, 0.4) is 0 Å². The van der Waals surface area contributed by atoms with Crippen LogP contribution in [-0.4, -0.2) is 30.1 Å². The predicted molar refractivity (Wildman–Crippen MR) is 72.0 cm³/mol. The molecular formula is C14H24N2O. The standard InChI is InChI=1S/C14H24N2O/c1-4-10-15-14(17)16-11-6-5-7-12(2)8-9-13(16)3/h7-9,13H,4-6,10-11H2,1-3H3,(H,15,17)/b9-8-,12-7-. The number of allylic oxidation sites excluding steroid dienone is 3. The van der Waals surface area contributed by atoms with E-state index in [-0.39, 0.29) is 12.1 Å². The third-order valence-electron chi connectivity index (χ3n) is 2.99. The highest BCUT2D eigenvalue weighted by Crippen LogP contribution is 2.10. The molecular weight excluding hydrogens is 212 g/mol. The molecule has 1 atom stereocenters. The largest absolute Gasteiger partial charge is 0.338 e. The topological polar surface area (TPSA) is 32.3 Å². The molecule has 0 bridgehead atoms. The fourth-order valence-electron chi connectivity index (χ4n) is 1.88. The number of urea groups is 1. The van der Waals surface area contributed by atoms with Crippen LogP contribution in [0.15, 0.2) is 23.8 Å². The summed E-state index contributed by atoms with van der Waals surface area (Å²) < 4.78 is 0. The minimum absolute atomic E-state index is 0.0588. The highest BCUT2D eigenvalue weighted by Gasteiger charge is 2.17. The Hall–Kier alpha value is -1.25. The molecule has 0 aromatic rings. The molecule has 1 aliphatic heterocycles. The lowest BCUT2D eigenvalue weighted by Gasteiger charge is -2.27. The number of nitrogens with zero attached hydrogens (tertiary/aromatic N) is 1. The van der Waals surface area contributed by atoms with Gasteiger partial charge in [0.05, 0.1) is 0 Å². The molecule has 17 heavy (non-hydrogen) atoms. The predicted octanol–water partition coefficient (Wildman–Crippen LogP) is 3.09.